The van der Waals surface area contributed by atoms with Crippen LogP contribution < -0.4 is 21.7 Å². The SMILES string of the molecule is CCC.CC[C@@H]1CC(C(=O)NC(CC2CCC2)C(=O)C(N)=O)N(C(=O)C(NC(=O)NC2(Cc3ccccc3)CCCCC2)C(C)(C)C)C1. The smallest absolute Gasteiger partial charge is 0.315 e. The fourth-order valence-corrected chi connectivity index (χ4v) is 7.23. The van der Waals surface area contributed by atoms with E-state index in [-0.39, 0.29) is 23.8 Å². The van der Waals surface area contributed by atoms with E-state index in [4.69, 9.17) is 5.73 Å². The number of nitrogens with zero attached hydrogens (tertiary/aromatic N) is 1. The zero-order chi connectivity index (χ0) is 35.5. The number of amides is 5. The van der Waals surface area contributed by atoms with Crippen molar-refractivity contribution in [3.63, 3.8) is 0 Å². The van der Waals surface area contributed by atoms with Crippen LogP contribution in [-0.2, 0) is 25.6 Å². The second-order valence-corrected chi connectivity index (χ2v) is 15.4. The maximum atomic E-state index is 14.3. The summed E-state index contributed by atoms with van der Waals surface area (Å²) in [5.74, 6) is -2.32. The summed E-state index contributed by atoms with van der Waals surface area (Å²) in [6.45, 7) is 12.3. The van der Waals surface area contributed by atoms with Gasteiger partial charge in [-0.25, -0.2) is 4.79 Å². The molecule has 0 bridgehead atoms. The van der Waals surface area contributed by atoms with E-state index in [1.54, 1.807) is 4.90 Å². The largest absolute Gasteiger partial charge is 0.363 e. The summed E-state index contributed by atoms with van der Waals surface area (Å²) in [5.41, 5.74) is 5.43. The van der Waals surface area contributed by atoms with Gasteiger partial charge in [0.2, 0.25) is 17.6 Å². The lowest BCUT2D eigenvalue weighted by molar-refractivity contribution is -0.143. The van der Waals surface area contributed by atoms with Crippen molar-refractivity contribution in [2.75, 3.05) is 6.54 Å². The summed E-state index contributed by atoms with van der Waals surface area (Å²) in [6.07, 6.45) is 11.4. The molecule has 4 rings (SSSR count). The Labute approximate surface area is 288 Å². The Morgan fingerprint density at radius 2 is 1.54 bits per heavy atom. The first kappa shape index (κ1) is 39.0. The van der Waals surface area contributed by atoms with Crippen LogP contribution in [0.1, 0.15) is 124 Å². The quantitative estimate of drug-likeness (QED) is 0.220. The Hall–Kier alpha value is -3.43. The van der Waals surface area contributed by atoms with E-state index >= 15 is 0 Å². The van der Waals surface area contributed by atoms with Gasteiger partial charge in [0.25, 0.3) is 5.91 Å². The number of benzene rings is 1. The van der Waals surface area contributed by atoms with Gasteiger partial charge in [0.1, 0.15) is 12.1 Å². The molecule has 10 nitrogen and oxygen atoms in total. The van der Waals surface area contributed by atoms with Crippen molar-refractivity contribution in [3.05, 3.63) is 35.9 Å². The molecule has 1 aromatic rings. The summed E-state index contributed by atoms with van der Waals surface area (Å²) >= 11 is 0. The molecule has 5 amide bonds. The molecule has 0 aromatic heterocycles. The van der Waals surface area contributed by atoms with Gasteiger partial charge in [0.15, 0.2) is 0 Å². The number of ketones is 1. The van der Waals surface area contributed by atoms with E-state index in [1.165, 1.54) is 6.42 Å². The number of urea groups is 1. The zero-order valence-electron chi connectivity index (χ0n) is 30.2. The van der Waals surface area contributed by atoms with Crippen LogP contribution in [0.15, 0.2) is 30.3 Å². The number of hydrogen-bond donors (Lipinski definition) is 4. The summed E-state index contributed by atoms with van der Waals surface area (Å²) in [6, 6.07) is 7.05. The molecule has 2 aliphatic carbocycles. The lowest BCUT2D eigenvalue weighted by Gasteiger charge is -2.40. The number of rotatable bonds is 12. The molecule has 0 spiro atoms. The summed E-state index contributed by atoms with van der Waals surface area (Å²) in [7, 11) is 0. The van der Waals surface area contributed by atoms with Crippen LogP contribution in [0, 0.1) is 17.3 Å². The number of nitrogens with one attached hydrogen (secondary N) is 3. The number of primary amides is 1. The monoisotopic (exact) mass is 667 g/mol. The minimum atomic E-state index is -1.07. The molecule has 0 radical (unpaired) electrons. The molecule has 10 heteroatoms. The van der Waals surface area contributed by atoms with Gasteiger partial charge in [0, 0.05) is 12.1 Å². The fraction of sp³-hybridized carbons (Fsp3) is 0.711. The molecule has 2 saturated carbocycles. The Kier molecular flexibility index (Phi) is 14.5. The van der Waals surface area contributed by atoms with Gasteiger partial charge >= 0.3 is 6.03 Å². The molecular weight excluding hydrogens is 606 g/mol. The number of Topliss-reactive ketones (excluding diaryl/α,β-unsaturated/α-hetero) is 1. The number of carbonyl (C=O) groups excluding carboxylic acids is 5. The number of carbonyl (C=O) groups is 5. The van der Waals surface area contributed by atoms with Gasteiger partial charge in [-0.2, -0.15) is 0 Å². The van der Waals surface area contributed by atoms with E-state index in [2.05, 4.69) is 41.9 Å². The predicted octanol–water partition coefficient (Wildman–Crippen LogP) is 5.42. The molecule has 3 aliphatic rings. The summed E-state index contributed by atoms with van der Waals surface area (Å²) in [4.78, 5) is 67.7. The minimum absolute atomic E-state index is 0.0902. The number of nitrogens with two attached hydrogens (primary N) is 1. The van der Waals surface area contributed by atoms with E-state index < -0.39 is 46.7 Å². The van der Waals surface area contributed by atoms with Crippen LogP contribution in [0.4, 0.5) is 4.79 Å². The van der Waals surface area contributed by atoms with Crippen molar-refractivity contribution >= 4 is 29.5 Å². The van der Waals surface area contributed by atoms with Crippen LogP contribution in [0.2, 0.25) is 0 Å². The zero-order valence-corrected chi connectivity index (χ0v) is 30.2. The molecule has 1 heterocycles. The molecule has 4 atom stereocenters. The molecule has 268 valence electrons. The van der Waals surface area contributed by atoms with Gasteiger partial charge in [0.05, 0.1) is 6.04 Å². The molecule has 3 unspecified atom stereocenters. The highest BCUT2D eigenvalue weighted by atomic mass is 16.2. The van der Waals surface area contributed by atoms with Gasteiger partial charge in [-0.05, 0) is 54.9 Å². The highest BCUT2D eigenvalue weighted by Crippen LogP contribution is 2.34. The Morgan fingerprint density at radius 1 is 0.917 bits per heavy atom. The van der Waals surface area contributed by atoms with Crippen LogP contribution in [0.25, 0.3) is 0 Å². The van der Waals surface area contributed by atoms with Gasteiger partial charge in [-0.15, -0.1) is 0 Å². The Balaban J connectivity index is 0.00000201. The normalized spacial score (nSPS) is 21.8. The van der Waals surface area contributed by atoms with Crippen molar-refractivity contribution in [3.8, 4) is 0 Å². The first-order chi connectivity index (χ1) is 22.7. The lowest BCUT2D eigenvalue weighted by atomic mass is 9.77. The van der Waals surface area contributed by atoms with Crippen LogP contribution in [0.5, 0.6) is 0 Å². The number of likely N-dealkylation sites (tertiary alicyclic amines) is 1. The van der Waals surface area contributed by atoms with E-state index in [0.29, 0.717) is 25.8 Å². The first-order valence-corrected chi connectivity index (χ1v) is 18.3. The molecular formula is C38H61N5O5. The third kappa shape index (κ3) is 10.8. The van der Waals surface area contributed by atoms with Crippen LogP contribution >= 0.6 is 0 Å². The highest BCUT2D eigenvalue weighted by Gasteiger charge is 2.46. The fourth-order valence-electron chi connectivity index (χ4n) is 7.23. The third-order valence-electron chi connectivity index (χ3n) is 10.2. The average molecular weight is 668 g/mol. The Morgan fingerprint density at radius 3 is 2.06 bits per heavy atom. The highest BCUT2D eigenvalue weighted by molar-refractivity contribution is 6.37. The minimum Gasteiger partial charge on any atom is -0.363 e. The predicted molar refractivity (Wildman–Crippen MR) is 189 cm³/mol. The molecule has 1 saturated heterocycles. The van der Waals surface area contributed by atoms with Crippen molar-refractivity contribution in [1.82, 2.24) is 20.9 Å². The van der Waals surface area contributed by atoms with Crippen LogP contribution in [-0.4, -0.2) is 64.6 Å². The average Bonchev–Trinajstić information content (AvgIpc) is 3.46. The van der Waals surface area contributed by atoms with Gasteiger partial charge in [-0.3, -0.25) is 19.2 Å². The standard InChI is InChI=1S/C35H53N5O5.C3H8/c1-5-23-20-27(31(43)37-26(28(41)30(36)42)19-24-15-12-16-24)40(22-23)32(44)29(34(2,3)4)38-33(45)39-35(17-10-7-11-18-35)21-25-13-8-6-9-14-25;1-3-2/h6,8-9,13-14,23-24,26-27,29H,5,7,10-12,15-22H2,1-4H3,(H2,36,42)(H,37,43)(H2,38,39,45);3H2,1-2H3/t23-,26?,27?,29?;/m1./s1. The molecule has 48 heavy (non-hydrogen) atoms. The summed E-state index contributed by atoms with van der Waals surface area (Å²) < 4.78 is 0. The Bertz CT molecular complexity index is 1240. The lowest BCUT2D eigenvalue weighted by Crippen LogP contribution is -2.62. The van der Waals surface area contributed by atoms with Gasteiger partial charge < -0.3 is 26.6 Å². The van der Waals surface area contributed by atoms with Crippen molar-refractivity contribution in [1.29, 1.82) is 0 Å². The molecule has 1 aromatic carbocycles. The van der Waals surface area contributed by atoms with Gasteiger partial charge in [-0.1, -0.05) is 123 Å². The van der Waals surface area contributed by atoms with Crippen LogP contribution in [0.3, 0.4) is 0 Å². The van der Waals surface area contributed by atoms with E-state index in [1.807, 2.05) is 45.9 Å². The van der Waals surface area contributed by atoms with E-state index in [9.17, 15) is 24.0 Å². The van der Waals surface area contributed by atoms with Crippen molar-refractivity contribution in [2.24, 2.45) is 23.0 Å². The topological polar surface area (TPSA) is 151 Å². The molecule has 5 N–H and O–H groups in total. The molecule has 3 fully saturated rings. The van der Waals surface area contributed by atoms with Crippen molar-refractivity contribution < 1.29 is 24.0 Å². The maximum Gasteiger partial charge on any atom is 0.315 e. The maximum absolute atomic E-state index is 14.3. The first-order valence-electron chi connectivity index (χ1n) is 18.3. The third-order valence-corrected chi connectivity index (χ3v) is 10.2. The molecule has 1 aliphatic heterocycles. The second kappa shape index (κ2) is 17.8. The second-order valence-electron chi connectivity index (χ2n) is 15.4. The summed E-state index contributed by atoms with van der Waals surface area (Å²) in [5, 5.41) is 9.08. The van der Waals surface area contributed by atoms with Crippen molar-refractivity contribution in [2.45, 2.75) is 149 Å². The van der Waals surface area contributed by atoms with E-state index in [0.717, 1.165) is 63.4 Å². The number of hydrogen-bond acceptors (Lipinski definition) is 5.